The van der Waals surface area contributed by atoms with E-state index >= 15 is 0 Å². The van der Waals surface area contributed by atoms with Crippen LogP contribution in [0.25, 0.3) is 0 Å². The molecule has 0 radical (unpaired) electrons. The van der Waals surface area contributed by atoms with Crippen LogP contribution in [0, 0.1) is 0 Å². The van der Waals surface area contributed by atoms with Gasteiger partial charge in [-0.25, -0.2) is 0 Å². The number of ether oxygens (including phenoxy) is 1. The van der Waals surface area contributed by atoms with Crippen LogP contribution >= 0.6 is 11.6 Å². The molecule has 3 nitrogen and oxygen atoms in total. The summed E-state index contributed by atoms with van der Waals surface area (Å²) in [5, 5.41) is 3.80. The maximum absolute atomic E-state index is 12.5. The highest BCUT2D eigenvalue weighted by Gasteiger charge is 2.19. The lowest BCUT2D eigenvalue weighted by atomic mass is 10.1. The van der Waals surface area contributed by atoms with Gasteiger partial charge >= 0.3 is 0 Å². The topological polar surface area (TPSA) is 38.3 Å². The molecule has 0 unspecified atom stereocenters. The normalized spacial score (nSPS) is 14.7. The second-order valence-corrected chi connectivity index (χ2v) is 6.30. The van der Waals surface area contributed by atoms with Crippen LogP contribution in [0.3, 0.4) is 0 Å². The predicted octanol–water partition coefficient (Wildman–Crippen LogP) is 4.59. The molecule has 1 fully saturated rings. The summed E-state index contributed by atoms with van der Waals surface area (Å²) < 4.78 is 5.84. The summed E-state index contributed by atoms with van der Waals surface area (Å²) in [7, 11) is 0. The number of amides is 1. The van der Waals surface area contributed by atoms with Crippen molar-refractivity contribution in [3.63, 3.8) is 0 Å². The van der Waals surface area contributed by atoms with Gasteiger partial charge in [0, 0.05) is 11.1 Å². The molecule has 0 heterocycles. The van der Waals surface area contributed by atoms with Crippen LogP contribution in [0.15, 0.2) is 48.5 Å². The number of hydrogen-bond acceptors (Lipinski definition) is 2. The van der Waals surface area contributed by atoms with Crippen molar-refractivity contribution in [3.8, 4) is 5.75 Å². The largest absolute Gasteiger partial charge is 0.488 e. The summed E-state index contributed by atoms with van der Waals surface area (Å²) in [5.41, 5.74) is 1.61. The first-order chi connectivity index (χ1) is 11.2. The van der Waals surface area contributed by atoms with Crippen LogP contribution < -0.4 is 10.1 Å². The minimum atomic E-state index is -0.0522. The fourth-order valence-electron chi connectivity index (χ4n) is 2.86. The quantitative estimate of drug-likeness (QED) is 0.871. The van der Waals surface area contributed by atoms with Gasteiger partial charge in [0.2, 0.25) is 0 Å². The predicted molar refractivity (Wildman–Crippen MR) is 91.9 cm³/mol. The third-order valence-corrected chi connectivity index (χ3v) is 4.38. The van der Waals surface area contributed by atoms with Crippen LogP contribution in [0.5, 0.6) is 5.75 Å². The smallest absolute Gasteiger partial charge is 0.255 e. The molecule has 2 aromatic rings. The Morgan fingerprint density at radius 2 is 1.78 bits per heavy atom. The summed E-state index contributed by atoms with van der Waals surface area (Å²) in [6.45, 7) is 0.408. The lowest BCUT2D eigenvalue weighted by Gasteiger charge is -2.15. The summed E-state index contributed by atoms with van der Waals surface area (Å²) in [4.78, 5) is 12.5. The molecule has 0 aromatic heterocycles. The van der Waals surface area contributed by atoms with Gasteiger partial charge in [-0.2, -0.15) is 0 Å². The maximum Gasteiger partial charge on any atom is 0.255 e. The van der Waals surface area contributed by atoms with Crippen molar-refractivity contribution in [2.75, 3.05) is 0 Å². The van der Waals surface area contributed by atoms with E-state index in [0.29, 0.717) is 29.0 Å². The first kappa shape index (κ1) is 15.9. The average molecular weight is 330 g/mol. The van der Waals surface area contributed by atoms with Gasteiger partial charge in [-0.15, -0.1) is 0 Å². The molecule has 3 rings (SSSR count). The highest BCUT2D eigenvalue weighted by Crippen LogP contribution is 2.22. The van der Waals surface area contributed by atoms with Crippen molar-refractivity contribution in [3.05, 3.63) is 64.7 Å². The van der Waals surface area contributed by atoms with Crippen LogP contribution in [0.1, 0.15) is 41.6 Å². The fourth-order valence-corrected chi connectivity index (χ4v) is 2.98. The molecule has 0 atom stereocenters. The lowest BCUT2D eigenvalue weighted by molar-refractivity contribution is 0.0933. The molecule has 1 N–H and O–H groups in total. The average Bonchev–Trinajstić information content (AvgIpc) is 3.07. The van der Waals surface area contributed by atoms with Crippen molar-refractivity contribution in [2.24, 2.45) is 0 Å². The Hall–Kier alpha value is -2.00. The molecule has 0 saturated heterocycles. The van der Waals surface area contributed by atoms with Crippen LogP contribution in [-0.2, 0) is 6.61 Å². The molecule has 0 bridgehead atoms. The number of para-hydroxylation sites is 1. The van der Waals surface area contributed by atoms with Gasteiger partial charge in [-0.1, -0.05) is 48.7 Å². The Labute approximate surface area is 141 Å². The number of rotatable bonds is 5. The molecule has 1 saturated carbocycles. The number of benzene rings is 2. The Balaban J connectivity index is 1.67. The number of halogens is 1. The molecular formula is C19H20ClNO2. The van der Waals surface area contributed by atoms with Gasteiger partial charge in [-0.3, -0.25) is 4.79 Å². The van der Waals surface area contributed by atoms with Crippen molar-refractivity contribution in [1.82, 2.24) is 5.32 Å². The van der Waals surface area contributed by atoms with E-state index in [1.807, 2.05) is 48.5 Å². The molecule has 1 aliphatic rings. The minimum Gasteiger partial charge on any atom is -0.488 e. The first-order valence-electron chi connectivity index (χ1n) is 7.99. The van der Waals surface area contributed by atoms with E-state index in [2.05, 4.69) is 5.32 Å². The van der Waals surface area contributed by atoms with Crippen LogP contribution in [0.4, 0.5) is 0 Å². The van der Waals surface area contributed by atoms with E-state index in [1.165, 1.54) is 12.8 Å². The highest BCUT2D eigenvalue weighted by molar-refractivity contribution is 6.30. The Morgan fingerprint density at radius 1 is 1.09 bits per heavy atom. The van der Waals surface area contributed by atoms with Crippen molar-refractivity contribution in [2.45, 2.75) is 38.3 Å². The number of nitrogens with one attached hydrogen (secondary N) is 1. The maximum atomic E-state index is 12.5. The van der Waals surface area contributed by atoms with E-state index < -0.39 is 0 Å². The summed E-state index contributed by atoms with van der Waals surface area (Å²) in [5.74, 6) is 0.557. The van der Waals surface area contributed by atoms with Gasteiger partial charge in [0.25, 0.3) is 5.91 Å². The second-order valence-electron chi connectivity index (χ2n) is 5.87. The molecule has 0 aliphatic heterocycles. The molecule has 4 heteroatoms. The molecule has 0 spiro atoms. The zero-order chi connectivity index (χ0) is 16.1. The highest BCUT2D eigenvalue weighted by atomic mass is 35.5. The van der Waals surface area contributed by atoms with Gasteiger partial charge in [0.1, 0.15) is 12.4 Å². The fraction of sp³-hybridized carbons (Fsp3) is 0.316. The van der Waals surface area contributed by atoms with E-state index in [0.717, 1.165) is 18.4 Å². The van der Waals surface area contributed by atoms with Crippen molar-refractivity contribution < 1.29 is 9.53 Å². The van der Waals surface area contributed by atoms with Crippen molar-refractivity contribution >= 4 is 17.5 Å². The van der Waals surface area contributed by atoms with Gasteiger partial charge in [0.15, 0.2) is 0 Å². The van der Waals surface area contributed by atoms with E-state index in [4.69, 9.17) is 16.3 Å². The summed E-state index contributed by atoms with van der Waals surface area (Å²) >= 11 is 5.88. The molecule has 120 valence electrons. The van der Waals surface area contributed by atoms with E-state index in [1.54, 1.807) is 0 Å². The standard InChI is InChI=1S/C19H20ClNO2/c20-15-11-9-14(10-12-15)13-23-18-8-4-3-7-17(18)19(22)21-16-5-1-2-6-16/h3-4,7-12,16H,1-2,5-6,13H2,(H,21,22). The van der Waals surface area contributed by atoms with E-state index in [9.17, 15) is 4.79 Å². The number of carbonyl (C=O) groups excluding carboxylic acids is 1. The SMILES string of the molecule is O=C(NC1CCCC1)c1ccccc1OCc1ccc(Cl)cc1. The minimum absolute atomic E-state index is 0.0522. The summed E-state index contributed by atoms with van der Waals surface area (Å²) in [6.07, 6.45) is 4.53. The Bertz CT molecular complexity index is 663. The monoisotopic (exact) mass is 329 g/mol. The molecule has 1 aliphatic carbocycles. The van der Waals surface area contributed by atoms with Gasteiger partial charge in [-0.05, 0) is 42.7 Å². The van der Waals surface area contributed by atoms with Gasteiger partial charge < -0.3 is 10.1 Å². The Kier molecular flexibility index (Phi) is 5.19. The summed E-state index contributed by atoms with van der Waals surface area (Å²) in [6, 6.07) is 15.2. The molecular weight excluding hydrogens is 310 g/mol. The Morgan fingerprint density at radius 3 is 2.52 bits per heavy atom. The van der Waals surface area contributed by atoms with E-state index in [-0.39, 0.29) is 5.91 Å². The zero-order valence-electron chi connectivity index (χ0n) is 12.9. The lowest BCUT2D eigenvalue weighted by Crippen LogP contribution is -2.32. The number of carbonyl (C=O) groups is 1. The van der Waals surface area contributed by atoms with Crippen LogP contribution in [0.2, 0.25) is 5.02 Å². The third-order valence-electron chi connectivity index (χ3n) is 4.13. The zero-order valence-corrected chi connectivity index (χ0v) is 13.7. The first-order valence-corrected chi connectivity index (χ1v) is 8.37. The molecule has 23 heavy (non-hydrogen) atoms. The number of hydrogen-bond donors (Lipinski definition) is 1. The molecule has 2 aromatic carbocycles. The van der Waals surface area contributed by atoms with Crippen LogP contribution in [-0.4, -0.2) is 11.9 Å². The van der Waals surface area contributed by atoms with Crippen molar-refractivity contribution in [1.29, 1.82) is 0 Å². The third kappa shape index (κ3) is 4.26. The second kappa shape index (κ2) is 7.51. The van der Waals surface area contributed by atoms with Gasteiger partial charge in [0.05, 0.1) is 5.56 Å². The molecule has 1 amide bonds.